The van der Waals surface area contributed by atoms with Crippen LogP contribution in [0, 0.1) is 5.92 Å². The minimum Gasteiger partial charge on any atom is -0.282 e. The van der Waals surface area contributed by atoms with Crippen LogP contribution < -0.4 is 0 Å². The highest BCUT2D eigenvalue weighted by Gasteiger charge is 2.26. The van der Waals surface area contributed by atoms with E-state index in [-0.39, 0.29) is 5.92 Å². The Balaban J connectivity index is 1.57. The first-order chi connectivity index (χ1) is 12.5. The number of sulfonamides is 1. The molecule has 0 amide bonds. The molecule has 1 saturated heterocycles. The van der Waals surface area contributed by atoms with Crippen LogP contribution in [-0.2, 0) is 16.4 Å². The molecule has 3 aromatic heterocycles. The van der Waals surface area contributed by atoms with E-state index < -0.39 is 10.0 Å². The van der Waals surface area contributed by atoms with E-state index in [9.17, 15) is 8.42 Å². The van der Waals surface area contributed by atoms with E-state index in [1.807, 2.05) is 16.7 Å². The molecule has 0 aromatic carbocycles. The van der Waals surface area contributed by atoms with Gasteiger partial charge in [0.15, 0.2) is 0 Å². The zero-order valence-corrected chi connectivity index (χ0v) is 15.3. The second-order valence-electron chi connectivity index (χ2n) is 6.66. The molecule has 9 heteroatoms. The highest BCUT2D eigenvalue weighted by atomic mass is 32.2. The van der Waals surface area contributed by atoms with Crippen LogP contribution in [0.3, 0.4) is 0 Å². The van der Waals surface area contributed by atoms with Gasteiger partial charge in [0.2, 0.25) is 15.8 Å². The molecule has 0 N–H and O–H groups in total. The molecule has 0 spiro atoms. The van der Waals surface area contributed by atoms with Gasteiger partial charge in [-0.1, -0.05) is 0 Å². The third kappa shape index (κ3) is 3.45. The Morgan fingerprint density at radius 3 is 2.96 bits per heavy atom. The lowest BCUT2D eigenvalue weighted by atomic mass is 9.95. The molecule has 1 atom stereocenters. The first-order valence-electron chi connectivity index (χ1n) is 8.55. The lowest BCUT2D eigenvalue weighted by molar-refractivity contribution is 0.265. The maximum Gasteiger partial charge on any atom is 0.234 e. The van der Waals surface area contributed by atoms with Crippen molar-refractivity contribution in [2.75, 3.05) is 19.3 Å². The molecule has 26 heavy (non-hydrogen) atoms. The largest absolute Gasteiger partial charge is 0.282 e. The van der Waals surface area contributed by atoms with E-state index >= 15 is 0 Å². The SMILES string of the molecule is CS(=O)(=O)N1CCC[C@H](Cc2cncc(-c3cnc4ncccn34)n2)C1. The predicted octanol–water partition coefficient (Wildman–Crippen LogP) is 1.40. The van der Waals surface area contributed by atoms with Gasteiger partial charge in [0, 0.05) is 31.7 Å². The number of hydrogen-bond acceptors (Lipinski definition) is 6. The fraction of sp³-hybridized carbons (Fsp3) is 0.412. The second kappa shape index (κ2) is 6.73. The maximum atomic E-state index is 11.8. The summed E-state index contributed by atoms with van der Waals surface area (Å²) in [6.45, 7) is 1.15. The Morgan fingerprint density at radius 1 is 1.23 bits per heavy atom. The van der Waals surface area contributed by atoms with E-state index in [2.05, 4.69) is 15.0 Å². The molecule has 0 unspecified atom stereocenters. The smallest absolute Gasteiger partial charge is 0.234 e. The van der Waals surface area contributed by atoms with Crippen molar-refractivity contribution in [1.82, 2.24) is 28.6 Å². The van der Waals surface area contributed by atoms with Crippen LogP contribution in [0.25, 0.3) is 17.2 Å². The molecule has 136 valence electrons. The summed E-state index contributed by atoms with van der Waals surface area (Å²) < 4.78 is 27.0. The number of aromatic nitrogens is 5. The summed E-state index contributed by atoms with van der Waals surface area (Å²) in [5.74, 6) is 0.873. The normalized spacial score (nSPS) is 19.0. The predicted molar refractivity (Wildman–Crippen MR) is 96.9 cm³/mol. The zero-order chi connectivity index (χ0) is 18.1. The van der Waals surface area contributed by atoms with Gasteiger partial charge in [-0.15, -0.1) is 0 Å². The highest BCUT2D eigenvalue weighted by Crippen LogP contribution is 2.23. The number of imidazole rings is 1. The van der Waals surface area contributed by atoms with Crippen molar-refractivity contribution in [3.8, 4) is 11.4 Å². The molecule has 0 aliphatic carbocycles. The average Bonchev–Trinajstić information content (AvgIpc) is 3.06. The van der Waals surface area contributed by atoms with Gasteiger partial charge in [-0.05, 0) is 31.2 Å². The summed E-state index contributed by atoms with van der Waals surface area (Å²) >= 11 is 0. The van der Waals surface area contributed by atoms with Crippen LogP contribution in [0.15, 0.2) is 37.1 Å². The molecule has 4 rings (SSSR count). The van der Waals surface area contributed by atoms with Crippen molar-refractivity contribution in [3.05, 3.63) is 42.7 Å². The molecule has 1 aliphatic rings. The number of fused-ring (bicyclic) bond motifs is 1. The topological polar surface area (TPSA) is 93.4 Å². The van der Waals surface area contributed by atoms with Crippen LogP contribution in [-0.4, -0.2) is 56.4 Å². The van der Waals surface area contributed by atoms with Gasteiger partial charge in [0.1, 0.15) is 5.69 Å². The first kappa shape index (κ1) is 17.0. The number of rotatable bonds is 4. The molecule has 3 aromatic rings. The molecule has 0 bridgehead atoms. The van der Waals surface area contributed by atoms with E-state index in [1.54, 1.807) is 29.1 Å². The number of piperidine rings is 1. The lowest BCUT2D eigenvalue weighted by Crippen LogP contribution is -2.39. The summed E-state index contributed by atoms with van der Waals surface area (Å²) in [5, 5.41) is 0. The third-order valence-electron chi connectivity index (χ3n) is 4.68. The standard InChI is InChI=1S/C17H20N6O2S/c1-26(24,25)22-6-2-4-13(12-22)8-14-9-18-10-15(21-14)16-11-20-17-19-5-3-7-23(16)17/h3,5,7,9-11,13H,2,4,6,8,12H2,1H3/t13-/m1/s1. The summed E-state index contributed by atoms with van der Waals surface area (Å²) in [7, 11) is -3.14. The number of hydrogen-bond donors (Lipinski definition) is 0. The monoisotopic (exact) mass is 372 g/mol. The average molecular weight is 372 g/mol. The summed E-state index contributed by atoms with van der Waals surface area (Å²) in [4.78, 5) is 17.6. The molecule has 0 radical (unpaired) electrons. The Hall–Kier alpha value is -2.39. The zero-order valence-electron chi connectivity index (χ0n) is 14.5. The third-order valence-corrected chi connectivity index (χ3v) is 5.95. The minimum atomic E-state index is -3.14. The van der Waals surface area contributed by atoms with E-state index in [0.717, 1.165) is 29.9 Å². The number of nitrogens with zero attached hydrogens (tertiary/aromatic N) is 6. The maximum absolute atomic E-state index is 11.8. The molecule has 4 heterocycles. The Labute approximate surface area is 152 Å². The Bertz CT molecular complexity index is 1030. The van der Waals surface area contributed by atoms with E-state index in [1.165, 1.54) is 6.26 Å². The van der Waals surface area contributed by atoms with Crippen molar-refractivity contribution in [1.29, 1.82) is 0 Å². The lowest BCUT2D eigenvalue weighted by Gasteiger charge is -2.30. The van der Waals surface area contributed by atoms with Crippen molar-refractivity contribution >= 4 is 15.8 Å². The van der Waals surface area contributed by atoms with Crippen LogP contribution >= 0.6 is 0 Å². The van der Waals surface area contributed by atoms with Gasteiger partial charge < -0.3 is 0 Å². The van der Waals surface area contributed by atoms with Gasteiger partial charge in [-0.25, -0.2) is 27.7 Å². The quantitative estimate of drug-likeness (QED) is 0.687. The summed E-state index contributed by atoms with van der Waals surface area (Å²) in [5.41, 5.74) is 2.43. The van der Waals surface area contributed by atoms with Gasteiger partial charge >= 0.3 is 0 Å². The van der Waals surface area contributed by atoms with Gasteiger partial charge in [0.05, 0.1) is 30.0 Å². The minimum absolute atomic E-state index is 0.256. The van der Waals surface area contributed by atoms with Crippen LogP contribution in [0.4, 0.5) is 0 Å². The van der Waals surface area contributed by atoms with E-state index in [4.69, 9.17) is 4.98 Å². The Morgan fingerprint density at radius 2 is 2.12 bits per heavy atom. The molecular weight excluding hydrogens is 352 g/mol. The molecule has 0 saturated carbocycles. The highest BCUT2D eigenvalue weighted by molar-refractivity contribution is 7.88. The molecule has 1 aliphatic heterocycles. The van der Waals surface area contributed by atoms with Crippen LogP contribution in [0.5, 0.6) is 0 Å². The molecular formula is C17H20N6O2S. The van der Waals surface area contributed by atoms with Crippen molar-refractivity contribution < 1.29 is 8.42 Å². The van der Waals surface area contributed by atoms with Crippen molar-refractivity contribution in [2.24, 2.45) is 5.92 Å². The fourth-order valence-electron chi connectivity index (χ4n) is 3.44. The van der Waals surface area contributed by atoms with E-state index in [0.29, 0.717) is 25.3 Å². The fourth-order valence-corrected chi connectivity index (χ4v) is 4.38. The van der Waals surface area contributed by atoms with Gasteiger partial charge in [0.25, 0.3) is 0 Å². The van der Waals surface area contributed by atoms with Crippen LogP contribution in [0.2, 0.25) is 0 Å². The van der Waals surface area contributed by atoms with Gasteiger partial charge in [-0.3, -0.25) is 9.38 Å². The second-order valence-corrected chi connectivity index (χ2v) is 8.64. The summed E-state index contributed by atoms with van der Waals surface area (Å²) in [6, 6.07) is 1.84. The molecule has 8 nitrogen and oxygen atoms in total. The molecule has 1 fully saturated rings. The first-order valence-corrected chi connectivity index (χ1v) is 10.4. The van der Waals surface area contributed by atoms with Gasteiger partial charge in [-0.2, -0.15) is 0 Å². The Kier molecular flexibility index (Phi) is 4.41. The summed E-state index contributed by atoms with van der Waals surface area (Å²) in [6.07, 6.45) is 12.7. The van der Waals surface area contributed by atoms with Crippen molar-refractivity contribution in [2.45, 2.75) is 19.3 Å². The van der Waals surface area contributed by atoms with Crippen LogP contribution in [0.1, 0.15) is 18.5 Å². The van der Waals surface area contributed by atoms with Crippen molar-refractivity contribution in [3.63, 3.8) is 0 Å².